The summed E-state index contributed by atoms with van der Waals surface area (Å²) >= 11 is 0. The van der Waals surface area contributed by atoms with Crippen molar-refractivity contribution in [3.8, 4) is 0 Å². The Morgan fingerprint density at radius 2 is 1.62 bits per heavy atom. The van der Waals surface area contributed by atoms with Gasteiger partial charge in [-0.25, -0.2) is 0 Å². The zero-order valence-electron chi connectivity index (χ0n) is 12.8. The molecule has 1 saturated carbocycles. The zero-order chi connectivity index (χ0) is 13.1. The molecular weight excluding hydrogens is 309 g/mol. The summed E-state index contributed by atoms with van der Waals surface area (Å²) in [6.07, 6.45) is 7.86. The molecule has 21 heavy (non-hydrogen) atoms. The topological polar surface area (TPSA) is 35.6 Å². The lowest BCUT2D eigenvalue weighted by Crippen LogP contribution is -2.54. The first kappa shape index (κ1) is 19.0. The van der Waals surface area contributed by atoms with Crippen molar-refractivity contribution >= 4 is 30.7 Å². The second-order valence-corrected chi connectivity index (χ2v) is 6.37. The Morgan fingerprint density at radius 3 is 2.38 bits per heavy atom. The Bertz CT molecular complexity index is 322. The highest BCUT2D eigenvalue weighted by atomic mass is 35.5. The minimum absolute atomic E-state index is 0. The van der Waals surface area contributed by atoms with E-state index in [1.54, 1.807) is 0 Å². The van der Waals surface area contributed by atoms with Crippen LogP contribution >= 0.6 is 24.8 Å². The number of amides is 1. The van der Waals surface area contributed by atoms with E-state index in [4.69, 9.17) is 0 Å². The first-order valence-electron chi connectivity index (χ1n) is 8.07. The van der Waals surface area contributed by atoms with Gasteiger partial charge >= 0.3 is 0 Å². The number of hydrogen-bond acceptors (Lipinski definition) is 3. The highest BCUT2D eigenvalue weighted by Gasteiger charge is 2.35. The highest BCUT2D eigenvalue weighted by Crippen LogP contribution is 2.35. The molecule has 2 saturated heterocycles. The normalized spacial score (nSPS) is 29.8. The van der Waals surface area contributed by atoms with Crippen LogP contribution in [0.2, 0.25) is 0 Å². The van der Waals surface area contributed by atoms with Crippen LogP contribution in [0.5, 0.6) is 0 Å². The summed E-state index contributed by atoms with van der Waals surface area (Å²) in [7, 11) is 0. The Labute approximate surface area is 140 Å². The van der Waals surface area contributed by atoms with Crippen LogP contribution in [0.1, 0.15) is 38.5 Å². The van der Waals surface area contributed by atoms with E-state index in [0.717, 1.165) is 38.6 Å². The van der Waals surface area contributed by atoms with Gasteiger partial charge in [0.25, 0.3) is 0 Å². The lowest BCUT2D eigenvalue weighted by molar-refractivity contribution is -0.138. The van der Waals surface area contributed by atoms with Crippen molar-refractivity contribution < 1.29 is 4.79 Å². The summed E-state index contributed by atoms with van der Waals surface area (Å²) in [5.74, 6) is 1.19. The van der Waals surface area contributed by atoms with Gasteiger partial charge in [-0.1, -0.05) is 12.8 Å². The number of piperidine rings is 1. The molecule has 3 rings (SSSR count). The van der Waals surface area contributed by atoms with E-state index >= 15 is 0 Å². The molecule has 1 N–H and O–H groups in total. The molecule has 3 fully saturated rings. The third kappa shape index (κ3) is 4.72. The molecule has 0 spiro atoms. The Kier molecular flexibility index (Phi) is 8.32. The average Bonchev–Trinajstić information content (AvgIpc) is 2.47. The van der Waals surface area contributed by atoms with Crippen LogP contribution in [0.4, 0.5) is 0 Å². The predicted octanol–water partition coefficient (Wildman–Crippen LogP) is 1.92. The van der Waals surface area contributed by atoms with Crippen molar-refractivity contribution in [1.82, 2.24) is 15.1 Å². The summed E-state index contributed by atoms with van der Waals surface area (Å²) in [6, 6.07) is 0.568. The van der Waals surface area contributed by atoms with Crippen molar-refractivity contribution in [2.45, 2.75) is 44.6 Å². The number of likely N-dealkylation sites (tertiary alicyclic amines) is 1. The third-order valence-electron chi connectivity index (χ3n) is 5.13. The molecule has 2 heterocycles. The van der Waals surface area contributed by atoms with Crippen LogP contribution in [-0.4, -0.2) is 61.0 Å². The molecule has 0 aromatic rings. The number of hydrogen-bond donors (Lipinski definition) is 1. The Morgan fingerprint density at radius 1 is 0.952 bits per heavy atom. The van der Waals surface area contributed by atoms with Crippen LogP contribution < -0.4 is 5.32 Å². The van der Waals surface area contributed by atoms with Crippen molar-refractivity contribution in [2.24, 2.45) is 5.92 Å². The number of piperazine rings is 1. The number of nitrogens with zero attached hydrogens (tertiary/aromatic N) is 2. The number of nitrogens with one attached hydrogen (secondary N) is 1. The van der Waals surface area contributed by atoms with Crippen LogP contribution in [0.15, 0.2) is 0 Å². The maximum Gasteiger partial charge on any atom is 0.237 e. The Balaban J connectivity index is 0.00000110. The molecule has 1 aliphatic carbocycles. The lowest BCUT2D eigenvalue weighted by atomic mass is 9.78. The largest absolute Gasteiger partial charge is 0.338 e. The van der Waals surface area contributed by atoms with Crippen molar-refractivity contribution in [1.29, 1.82) is 0 Å². The smallest absolute Gasteiger partial charge is 0.237 e. The van der Waals surface area contributed by atoms with Crippen LogP contribution in [0, 0.1) is 5.92 Å². The SMILES string of the molecule is Cl.Cl.O=C(CN1CCNCC1)N1CCCC2CCCCC21. The first-order valence-corrected chi connectivity index (χ1v) is 8.07. The van der Waals surface area contributed by atoms with E-state index in [-0.39, 0.29) is 24.8 Å². The standard InChI is InChI=1S/C15H27N3O.2ClH/c19-15(12-17-10-7-16-8-11-17)18-9-3-5-13-4-1-2-6-14(13)18;;/h13-14,16H,1-12H2;2*1H. The third-order valence-corrected chi connectivity index (χ3v) is 5.13. The summed E-state index contributed by atoms with van der Waals surface area (Å²) < 4.78 is 0. The van der Waals surface area contributed by atoms with Gasteiger partial charge in [0.15, 0.2) is 0 Å². The Hall–Kier alpha value is -0.0300. The van der Waals surface area contributed by atoms with E-state index < -0.39 is 0 Å². The van der Waals surface area contributed by atoms with Crippen LogP contribution in [-0.2, 0) is 4.79 Å². The molecule has 3 aliphatic rings. The molecule has 124 valence electrons. The molecule has 4 nitrogen and oxygen atoms in total. The number of fused-ring (bicyclic) bond motifs is 1. The minimum atomic E-state index is 0. The monoisotopic (exact) mass is 337 g/mol. The van der Waals surface area contributed by atoms with Crippen molar-refractivity contribution in [2.75, 3.05) is 39.3 Å². The molecule has 6 heteroatoms. The molecule has 2 atom stereocenters. The molecule has 2 aliphatic heterocycles. The molecule has 2 unspecified atom stereocenters. The second-order valence-electron chi connectivity index (χ2n) is 6.37. The highest BCUT2D eigenvalue weighted by molar-refractivity contribution is 5.85. The summed E-state index contributed by atoms with van der Waals surface area (Å²) in [5, 5.41) is 3.35. The maximum atomic E-state index is 12.6. The maximum absolute atomic E-state index is 12.6. The fraction of sp³-hybridized carbons (Fsp3) is 0.933. The minimum Gasteiger partial charge on any atom is -0.338 e. The van der Waals surface area contributed by atoms with Gasteiger partial charge in [-0.05, 0) is 31.6 Å². The van der Waals surface area contributed by atoms with Gasteiger partial charge in [0.2, 0.25) is 5.91 Å². The average molecular weight is 338 g/mol. The molecule has 1 amide bonds. The molecule has 0 radical (unpaired) electrons. The van der Waals surface area contributed by atoms with E-state index in [2.05, 4.69) is 15.1 Å². The van der Waals surface area contributed by atoms with E-state index in [1.807, 2.05) is 0 Å². The molecule has 0 aromatic carbocycles. The zero-order valence-corrected chi connectivity index (χ0v) is 14.4. The first-order chi connectivity index (χ1) is 9.34. The summed E-state index contributed by atoms with van der Waals surface area (Å²) in [4.78, 5) is 17.1. The van der Waals surface area contributed by atoms with Gasteiger partial charge in [0.1, 0.15) is 0 Å². The van der Waals surface area contributed by atoms with Gasteiger partial charge in [-0.3, -0.25) is 9.69 Å². The van der Waals surface area contributed by atoms with Gasteiger partial charge in [0.05, 0.1) is 6.54 Å². The van der Waals surface area contributed by atoms with Gasteiger partial charge in [-0.15, -0.1) is 24.8 Å². The molecule has 0 bridgehead atoms. The summed E-state index contributed by atoms with van der Waals surface area (Å²) in [6.45, 7) is 5.75. The van der Waals surface area contributed by atoms with Gasteiger partial charge in [-0.2, -0.15) is 0 Å². The number of carbonyl (C=O) groups excluding carboxylic acids is 1. The van der Waals surface area contributed by atoms with Gasteiger partial charge in [0, 0.05) is 38.8 Å². The van der Waals surface area contributed by atoms with E-state index in [1.165, 1.54) is 38.5 Å². The quantitative estimate of drug-likeness (QED) is 0.836. The summed E-state index contributed by atoms with van der Waals surface area (Å²) in [5.41, 5.74) is 0. The predicted molar refractivity (Wildman–Crippen MR) is 90.5 cm³/mol. The van der Waals surface area contributed by atoms with Crippen molar-refractivity contribution in [3.63, 3.8) is 0 Å². The number of carbonyl (C=O) groups is 1. The van der Waals surface area contributed by atoms with E-state index in [0.29, 0.717) is 18.5 Å². The number of rotatable bonds is 2. The fourth-order valence-corrected chi connectivity index (χ4v) is 4.09. The fourth-order valence-electron chi connectivity index (χ4n) is 4.09. The van der Waals surface area contributed by atoms with Crippen molar-refractivity contribution in [3.05, 3.63) is 0 Å². The molecule has 0 aromatic heterocycles. The number of halogens is 2. The lowest BCUT2D eigenvalue weighted by Gasteiger charge is -2.44. The molecular formula is C15H29Cl2N3O. The second kappa shape index (κ2) is 9.19. The van der Waals surface area contributed by atoms with Gasteiger partial charge < -0.3 is 10.2 Å². The van der Waals surface area contributed by atoms with E-state index in [9.17, 15) is 4.79 Å². The van der Waals surface area contributed by atoms with Crippen LogP contribution in [0.3, 0.4) is 0 Å². The van der Waals surface area contributed by atoms with Crippen LogP contribution in [0.25, 0.3) is 0 Å².